The molecule has 1 aromatic carbocycles. The van der Waals surface area contributed by atoms with Crippen LogP contribution < -0.4 is 4.90 Å². The van der Waals surface area contributed by atoms with Crippen molar-refractivity contribution in [2.45, 2.75) is 19.1 Å². The Hall–Kier alpha value is -3.38. The van der Waals surface area contributed by atoms with Crippen LogP contribution in [-0.4, -0.2) is 46.3 Å². The predicted octanol–water partition coefficient (Wildman–Crippen LogP) is 3.88. The van der Waals surface area contributed by atoms with Crippen molar-refractivity contribution in [3.63, 3.8) is 0 Å². The van der Waals surface area contributed by atoms with Gasteiger partial charge in [-0.05, 0) is 23.3 Å². The number of aromatic amines is 1. The number of nitrogens with zero attached hydrogens (tertiary/aromatic N) is 5. The first kappa shape index (κ1) is 20.9. The molecule has 160 valence electrons. The minimum Gasteiger partial charge on any atom is -0.368 e. The summed E-state index contributed by atoms with van der Waals surface area (Å²) in [6.07, 6.45) is -0.919. The van der Waals surface area contributed by atoms with Gasteiger partial charge in [0.05, 0.1) is 36.3 Å². The molecule has 3 aromatic rings. The van der Waals surface area contributed by atoms with Gasteiger partial charge in [0, 0.05) is 38.3 Å². The number of anilines is 1. The van der Waals surface area contributed by atoms with Gasteiger partial charge in [-0.2, -0.15) is 23.5 Å². The monoisotopic (exact) mass is 426 g/mol. The lowest BCUT2D eigenvalue weighted by Crippen LogP contribution is -2.46. The van der Waals surface area contributed by atoms with Crippen molar-refractivity contribution in [1.82, 2.24) is 20.1 Å². The maximum Gasteiger partial charge on any atom is 0.433 e. The third kappa shape index (κ3) is 4.86. The summed E-state index contributed by atoms with van der Waals surface area (Å²) in [6, 6.07) is 12.5. The van der Waals surface area contributed by atoms with Gasteiger partial charge in [0.25, 0.3) is 0 Å². The van der Waals surface area contributed by atoms with E-state index in [1.165, 1.54) is 12.3 Å². The van der Waals surface area contributed by atoms with Crippen LogP contribution in [-0.2, 0) is 19.1 Å². The molecule has 0 atom stereocenters. The topological polar surface area (TPSA) is 71.8 Å². The standard InChI is InChI=1S/C22H21F3N6/c23-22(24,25)20-6-5-19(14-27-20)31-11-9-30(10-12-31)15-18-13-28-29-21(18)17-3-1-16(2-4-17)7-8-26/h1-6,13-14H,7,9-12,15H2,(H,28,29). The van der Waals surface area contributed by atoms with Crippen LogP contribution in [0.4, 0.5) is 18.9 Å². The lowest BCUT2D eigenvalue weighted by molar-refractivity contribution is -0.141. The summed E-state index contributed by atoms with van der Waals surface area (Å²) < 4.78 is 38.1. The molecular formula is C22H21F3N6. The molecule has 0 saturated carbocycles. The van der Waals surface area contributed by atoms with Gasteiger partial charge in [-0.25, -0.2) is 4.98 Å². The molecule has 0 unspecified atom stereocenters. The normalized spacial score (nSPS) is 15.1. The largest absolute Gasteiger partial charge is 0.433 e. The van der Waals surface area contributed by atoms with Crippen LogP contribution in [0, 0.1) is 11.3 Å². The van der Waals surface area contributed by atoms with E-state index in [0.29, 0.717) is 25.2 Å². The van der Waals surface area contributed by atoms with E-state index in [1.54, 1.807) is 0 Å². The van der Waals surface area contributed by atoms with E-state index in [-0.39, 0.29) is 0 Å². The van der Waals surface area contributed by atoms with Crippen molar-refractivity contribution in [3.05, 3.63) is 65.6 Å². The number of aromatic nitrogens is 3. The molecule has 3 heterocycles. The molecule has 31 heavy (non-hydrogen) atoms. The van der Waals surface area contributed by atoms with E-state index < -0.39 is 11.9 Å². The van der Waals surface area contributed by atoms with Crippen LogP contribution in [0.1, 0.15) is 16.8 Å². The fourth-order valence-electron chi connectivity index (χ4n) is 3.71. The maximum absolute atomic E-state index is 12.7. The van der Waals surface area contributed by atoms with Gasteiger partial charge >= 0.3 is 6.18 Å². The minimum atomic E-state index is -4.42. The van der Waals surface area contributed by atoms with Gasteiger partial charge < -0.3 is 4.90 Å². The molecule has 0 aliphatic carbocycles. The van der Waals surface area contributed by atoms with Crippen LogP contribution in [0.5, 0.6) is 0 Å². The Kier molecular flexibility index (Phi) is 5.91. The third-order valence-electron chi connectivity index (χ3n) is 5.41. The molecule has 2 aromatic heterocycles. The van der Waals surface area contributed by atoms with E-state index in [1.807, 2.05) is 35.4 Å². The Morgan fingerprint density at radius 1 is 1.00 bits per heavy atom. The number of alkyl halides is 3. The Bertz CT molecular complexity index is 1040. The number of H-pyrrole nitrogens is 1. The maximum atomic E-state index is 12.7. The Balaban J connectivity index is 1.37. The first-order chi connectivity index (χ1) is 14.9. The second-order valence-electron chi connectivity index (χ2n) is 7.46. The molecule has 1 saturated heterocycles. The van der Waals surface area contributed by atoms with Crippen LogP contribution in [0.2, 0.25) is 0 Å². The molecule has 1 fully saturated rings. The van der Waals surface area contributed by atoms with Crippen molar-refractivity contribution in [2.24, 2.45) is 0 Å². The Morgan fingerprint density at radius 3 is 2.35 bits per heavy atom. The summed E-state index contributed by atoms with van der Waals surface area (Å²) in [4.78, 5) is 7.90. The van der Waals surface area contributed by atoms with Crippen molar-refractivity contribution in [3.8, 4) is 17.3 Å². The van der Waals surface area contributed by atoms with E-state index in [4.69, 9.17) is 5.26 Å². The van der Waals surface area contributed by atoms with Gasteiger partial charge in [0.15, 0.2) is 0 Å². The summed E-state index contributed by atoms with van der Waals surface area (Å²) in [5.41, 5.74) is 3.86. The van der Waals surface area contributed by atoms with Gasteiger partial charge in [-0.3, -0.25) is 10.00 Å². The summed E-state index contributed by atoms with van der Waals surface area (Å²) in [5, 5.41) is 16.1. The molecule has 0 spiro atoms. The molecule has 0 bridgehead atoms. The number of rotatable bonds is 5. The fourth-order valence-corrected chi connectivity index (χ4v) is 3.71. The van der Waals surface area contributed by atoms with E-state index in [9.17, 15) is 13.2 Å². The molecular weight excluding hydrogens is 405 g/mol. The van der Waals surface area contributed by atoms with Crippen molar-refractivity contribution < 1.29 is 13.2 Å². The lowest BCUT2D eigenvalue weighted by Gasteiger charge is -2.36. The van der Waals surface area contributed by atoms with Gasteiger partial charge in [-0.15, -0.1) is 0 Å². The van der Waals surface area contributed by atoms with Crippen LogP contribution in [0.3, 0.4) is 0 Å². The number of piperazine rings is 1. The van der Waals surface area contributed by atoms with Crippen molar-refractivity contribution >= 4 is 5.69 Å². The number of hydrogen-bond acceptors (Lipinski definition) is 5. The fraction of sp³-hybridized carbons (Fsp3) is 0.318. The van der Waals surface area contributed by atoms with E-state index in [0.717, 1.165) is 48.1 Å². The summed E-state index contributed by atoms with van der Waals surface area (Å²) in [5.74, 6) is 0. The molecule has 0 amide bonds. The van der Waals surface area contributed by atoms with Gasteiger partial charge in [0.1, 0.15) is 5.69 Å². The highest BCUT2D eigenvalue weighted by atomic mass is 19.4. The number of benzene rings is 1. The van der Waals surface area contributed by atoms with Crippen LogP contribution in [0.25, 0.3) is 11.3 Å². The molecule has 0 radical (unpaired) electrons. The molecule has 4 rings (SSSR count). The number of hydrogen-bond donors (Lipinski definition) is 1. The predicted molar refractivity (Wildman–Crippen MR) is 110 cm³/mol. The second kappa shape index (κ2) is 8.78. The van der Waals surface area contributed by atoms with Gasteiger partial charge in [-0.1, -0.05) is 24.3 Å². The highest BCUT2D eigenvalue weighted by Gasteiger charge is 2.32. The lowest BCUT2D eigenvalue weighted by atomic mass is 10.0. The molecule has 1 N–H and O–H groups in total. The molecule has 1 aliphatic heterocycles. The zero-order chi connectivity index (χ0) is 21.8. The number of nitriles is 1. The van der Waals surface area contributed by atoms with Crippen molar-refractivity contribution in [2.75, 3.05) is 31.1 Å². The number of pyridine rings is 1. The first-order valence-electron chi connectivity index (χ1n) is 9.93. The van der Waals surface area contributed by atoms with Crippen LogP contribution in [0.15, 0.2) is 48.8 Å². The smallest absolute Gasteiger partial charge is 0.368 e. The minimum absolute atomic E-state index is 0.384. The first-order valence-corrected chi connectivity index (χ1v) is 9.93. The molecule has 9 heteroatoms. The van der Waals surface area contributed by atoms with Crippen LogP contribution >= 0.6 is 0 Å². The van der Waals surface area contributed by atoms with E-state index in [2.05, 4.69) is 26.2 Å². The quantitative estimate of drug-likeness (QED) is 0.671. The average Bonchev–Trinajstić information content (AvgIpc) is 3.23. The highest BCUT2D eigenvalue weighted by molar-refractivity contribution is 5.63. The SMILES string of the molecule is N#CCc1ccc(-c2[nH]ncc2CN2CCN(c3ccc(C(F)(F)F)nc3)CC2)cc1. The van der Waals surface area contributed by atoms with Crippen molar-refractivity contribution in [1.29, 1.82) is 5.26 Å². The highest BCUT2D eigenvalue weighted by Crippen LogP contribution is 2.29. The van der Waals surface area contributed by atoms with Gasteiger partial charge in [0.2, 0.25) is 0 Å². The number of nitrogens with one attached hydrogen (secondary N) is 1. The average molecular weight is 426 g/mol. The summed E-state index contributed by atoms with van der Waals surface area (Å²) in [7, 11) is 0. The summed E-state index contributed by atoms with van der Waals surface area (Å²) >= 11 is 0. The third-order valence-corrected chi connectivity index (χ3v) is 5.41. The molecule has 1 aliphatic rings. The summed E-state index contributed by atoms with van der Waals surface area (Å²) in [6.45, 7) is 3.72. The zero-order valence-corrected chi connectivity index (χ0v) is 16.7. The van der Waals surface area contributed by atoms with E-state index >= 15 is 0 Å². The zero-order valence-electron chi connectivity index (χ0n) is 16.7. The molecule has 6 nitrogen and oxygen atoms in total. The second-order valence-corrected chi connectivity index (χ2v) is 7.46. The Labute approximate surface area is 177 Å². The Morgan fingerprint density at radius 2 is 1.74 bits per heavy atom. The number of halogens is 3.